The Morgan fingerprint density at radius 3 is 1.83 bits per heavy atom. The minimum Gasteiger partial charge on any atom is -0.268 e. The van der Waals surface area contributed by atoms with Crippen LogP contribution in [-0.4, -0.2) is 21.8 Å². The second kappa shape index (κ2) is 5.14. The number of imide groups is 1. The lowest BCUT2D eigenvalue weighted by Crippen LogP contribution is -2.29. The summed E-state index contributed by atoms with van der Waals surface area (Å²) in [6.07, 6.45) is 4.89. The van der Waals surface area contributed by atoms with Crippen LogP contribution < -0.4 is 4.90 Å². The number of hydrogen-bond donors (Lipinski definition) is 0. The van der Waals surface area contributed by atoms with Gasteiger partial charge in [0.1, 0.15) is 6.33 Å². The van der Waals surface area contributed by atoms with Crippen molar-refractivity contribution in [2.75, 3.05) is 4.90 Å². The van der Waals surface area contributed by atoms with Crippen LogP contribution in [0.1, 0.15) is 20.7 Å². The highest BCUT2D eigenvalue weighted by molar-refractivity contribution is 6.34. The Balaban J connectivity index is 1.70. The second-order valence-electron chi connectivity index (χ2n) is 5.17. The summed E-state index contributed by atoms with van der Waals surface area (Å²) < 4.78 is 0. The SMILES string of the molecule is O=C1c2ccccc2C(=O)N1c1ccc(-c2cncnc2)cc1. The molecule has 3 aromatic rings. The fourth-order valence-electron chi connectivity index (χ4n) is 2.67. The van der Waals surface area contributed by atoms with Crippen LogP contribution in [0.5, 0.6) is 0 Å². The zero-order valence-electron chi connectivity index (χ0n) is 12.0. The molecule has 5 heteroatoms. The number of carbonyl (C=O) groups is 2. The maximum Gasteiger partial charge on any atom is 0.266 e. The third-order valence-corrected chi connectivity index (χ3v) is 3.81. The molecule has 1 aromatic heterocycles. The molecule has 0 N–H and O–H groups in total. The minimum atomic E-state index is -0.290. The third-order valence-electron chi connectivity index (χ3n) is 3.81. The van der Waals surface area contributed by atoms with Gasteiger partial charge in [-0.25, -0.2) is 14.9 Å². The van der Waals surface area contributed by atoms with E-state index in [1.807, 2.05) is 12.1 Å². The van der Waals surface area contributed by atoms with Gasteiger partial charge in [-0.3, -0.25) is 9.59 Å². The first-order valence-electron chi connectivity index (χ1n) is 7.09. The molecule has 0 aliphatic carbocycles. The van der Waals surface area contributed by atoms with Gasteiger partial charge in [0.05, 0.1) is 16.8 Å². The van der Waals surface area contributed by atoms with Crippen LogP contribution >= 0.6 is 0 Å². The van der Waals surface area contributed by atoms with Crippen molar-refractivity contribution in [3.63, 3.8) is 0 Å². The molecular weight excluding hydrogens is 290 g/mol. The molecule has 5 nitrogen and oxygen atoms in total. The van der Waals surface area contributed by atoms with Gasteiger partial charge in [0.15, 0.2) is 0 Å². The number of carbonyl (C=O) groups excluding carboxylic acids is 2. The van der Waals surface area contributed by atoms with E-state index in [-0.39, 0.29) is 11.8 Å². The van der Waals surface area contributed by atoms with Gasteiger partial charge in [0, 0.05) is 18.0 Å². The number of hydrogen-bond acceptors (Lipinski definition) is 4. The van der Waals surface area contributed by atoms with Crippen LogP contribution in [0.25, 0.3) is 11.1 Å². The average Bonchev–Trinajstić information content (AvgIpc) is 2.87. The summed E-state index contributed by atoms with van der Waals surface area (Å²) in [6, 6.07) is 14.1. The molecule has 0 saturated heterocycles. The largest absolute Gasteiger partial charge is 0.268 e. The molecule has 0 spiro atoms. The van der Waals surface area contributed by atoms with Crippen LogP contribution in [0, 0.1) is 0 Å². The monoisotopic (exact) mass is 301 g/mol. The van der Waals surface area contributed by atoms with Crippen molar-refractivity contribution in [3.05, 3.63) is 78.4 Å². The van der Waals surface area contributed by atoms with Crippen molar-refractivity contribution in [1.82, 2.24) is 9.97 Å². The zero-order valence-corrected chi connectivity index (χ0v) is 12.0. The fourth-order valence-corrected chi connectivity index (χ4v) is 2.67. The van der Waals surface area contributed by atoms with Gasteiger partial charge in [-0.2, -0.15) is 0 Å². The first kappa shape index (κ1) is 13.3. The first-order chi connectivity index (χ1) is 11.3. The molecule has 0 saturated carbocycles. The van der Waals surface area contributed by atoms with E-state index in [1.165, 1.54) is 11.2 Å². The maximum atomic E-state index is 12.4. The minimum absolute atomic E-state index is 0.290. The number of rotatable bonds is 2. The Hall–Kier alpha value is -3.34. The molecule has 1 aliphatic rings. The molecular formula is C18H11N3O2. The van der Waals surface area contributed by atoms with E-state index >= 15 is 0 Å². The number of anilines is 1. The summed E-state index contributed by atoms with van der Waals surface area (Å²) >= 11 is 0. The molecule has 0 radical (unpaired) electrons. The van der Waals surface area contributed by atoms with E-state index in [9.17, 15) is 9.59 Å². The van der Waals surface area contributed by atoms with Crippen molar-refractivity contribution < 1.29 is 9.59 Å². The number of aromatic nitrogens is 2. The van der Waals surface area contributed by atoms with Gasteiger partial charge in [-0.05, 0) is 29.8 Å². The highest BCUT2D eigenvalue weighted by Crippen LogP contribution is 2.29. The molecule has 2 aromatic carbocycles. The van der Waals surface area contributed by atoms with E-state index in [4.69, 9.17) is 0 Å². The van der Waals surface area contributed by atoms with Crippen LogP contribution in [-0.2, 0) is 0 Å². The molecule has 0 bridgehead atoms. The number of nitrogens with zero attached hydrogens (tertiary/aromatic N) is 3. The Kier molecular flexibility index (Phi) is 2.98. The highest BCUT2D eigenvalue weighted by Gasteiger charge is 2.36. The number of amides is 2. The highest BCUT2D eigenvalue weighted by atomic mass is 16.2. The smallest absolute Gasteiger partial charge is 0.266 e. The molecule has 2 heterocycles. The predicted molar refractivity (Wildman–Crippen MR) is 85.1 cm³/mol. The Morgan fingerprint density at radius 2 is 1.26 bits per heavy atom. The standard InChI is InChI=1S/C18H11N3O2/c22-17-15-3-1-2-4-16(15)18(23)21(17)14-7-5-12(6-8-14)13-9-19-11-20-10-13/h1-11H. The molecule has 0 atom stereocenters. The average molecular weight is 301 g/mol. The van der Waals surface area contributed by atoms with Crippen LogP contribution in [0.15, 0.2) is 67.3 Å². The van der Waals surface area contributed by atoms with Crippen molar-refractivity contribution in [1.29, 1.82) is 0 Å². The lowest BCUT2D eigenvalue weighted by atomic mass is 10.1. The van der Waals surface area contributed by atoms with Crippen molar-refractivity contribution >= 4 is 17.5 Å². The molecule has 4 rings (SSSR count). The first-order valence-corrected chi connectivity index (χ1v) is 7.09. The molecule has 0 unspecified atom stereocenters. The van der Waals surface area contributed by atoms with E-state index in [0.717, 1.165) is 11.1 Å². The fraction of sp³-hybridized carbons (Fsp3) is 0. The summed E-state index contributed by atoms with van der Waals surface area (Å²) in [6.45, 7) is 0. The van der Waals surface area contributed by atoms with Crippen molar-refractivity contribution in [2.24, 2.45) is 0 Å². The quantitative estimate of drug-likeness (QED) is 0.683. The summed E-state index contributed by atoms with van der Waals surface area (Å²) in [5, 5.41) is 0. The molecule has 110 valence electrons. The number of benzene rings is 2. The van der Waals surface area contributed by atoms with E-state index < -0.39 is 0 Å². The molecule has 23 heavy (non-hydrogen) atoms. The van der Waals surface area contributed by atoms with Crippen molar-refractivity contribution in [2.45, 2.75) is 0 Å². The summed E-state index contributed by atoms with van der Waals surface area (Å²) in [5.41, 5.74) is 3.24. The summed E-state index contributed by atoms with van der Waals surface area (Å²) in [5.74, 6) is -0.581. The van der Waals surface area contributed by atoms with E-state index in [2.05, 4.69) is 9.97 Å². The van der Waals surface area contributed by atoms with Crippen LogP contribution in [0.2, 0.25) is 0 Å². The second-order valence-corrected chi connectivity index (χ2v) is 5.17. The predicted octanol–water partition coefficient (Wildman–Crippen LogP) is 2.94. The Bertz CT molecular complexity index is 870. The summed E-state index contributed by atoms with van der Waals surface area (Å²) in [4.78, 5) is 34.1. The van der Waals surface area contributed by atoms with Gasteiger partial charge in [-0.1, -0.05) is 24.3 Å². The zero-order chi connectivity index (χ0) is 15.8. The Labute approximate surface area is 132 Å². The molecule has 2 amide bonds. The van der Waals surface area contributed by atoms with Gasteiger partial charge in [0.25, 0.3) is 11.8 Å². The van der Waals surface area contributed by atoms with E-state index in [0.29, 0.717) is 16.8 Å². The van der Waals surface area contributed by atoms with Gasteiger partial charge in [0.2, 0.25) is 0 Å². The topological polar surface area (TPSA) is 63.2 Å². The van der Waals surface area contributed by atoms with Crippen LogP contribution in [0.3, 0.4) is 0 Å². The number of fused-ring (bicyclic) bond motifs is 1. The molecule has 0 fully saturated rings. The van der Waals surface area contributed by atoms with Crippen molar-refractivity contribution in [3.8, 4) is 11.1 Å². The Morgan fingerprint density at radius 1 is 0.696 bits per heavy atom. The maximum absolute atomic E-state index is 12.4. The lowest BCUT2D eigenvalue weighted by Gasteiger charge is -2.14. The van der Waals surface area contributed by atoms with Gasteiger partial charge in [-0.15, -0.1) is 0 Å². The van der Waals surface area contributed by atoms with Crippen LogP contribution in [0.4, 0.5) is 5.69 Å². The van der Waals surface area contributed by atoms with E-state index in [1.54, 1.807) is 48.8 Å². The molecule has 1 aliphatic heterocycles. The van der Waals surface area contributed by atoms with Gasteiger partial charge >= 0.3 is 0 Å². The normalized spacial score (nSPS) is 13.3. The van der Waals surface area contributed by atoms with Gasteiger partial charge < -0.3 is 0 Å². The lowest BCUT2D eigenvalue weighted by molar-refractivity contribution is 0.0926. The third kappa shape index (κ3) is 2.10. The summed E-state index contributed by atoms with van der Waals surface area (Å²) in [7, 11) is 0.